The van der Waals surface area contributed by atoms with Gasteiger partial charge in [-0.3, -0.25) is 0 Å². The molecule has 1 atom stereocenters. The van der Waals surface area contributed by atoms with E-state index >= 15 is 0 Å². The van der Waals surface area contributed by atoms with Crippen LogP contribution >= 0.6 is 0 Å². The van der Waals surface area contributed by atoms with Crippen molar-refractivity contribution in [2.24, 2.45) is 0 Å². The zero-order valence-electron chi connectivity index (χ0n) is 8.49. The van der Waals surface area contributed by atoms with E-state index in [0.717, 1.165) is 24.0 Å². The van der Waals surface area contributed by atoms with Gasteiger partial charge in [-0.2, -0.15) is 5.26 Å². The third kappa shape index (κ3) is 1.59. The van der Waals surface area contributed by atoms with Crippen LogP contribution in [0.4, 0.5) is 0 Å². The number of nitrogens with zero attached hydrogens (tertiary/aromatic N) is 1. The fourth-order valence-electron chi connectivity index (χ4n) is 2.00. The molecular weight excluding hydrogens is 190 g/mol. The van der Waals surface area contributed by atoms with Crippen LogP contribution in [0.2, 0.25) is 0 Å². The van der Waals surface area contributed by atoms with E-state index in [1.165, 1.54) is 7.11 Å². The second-order valence-electron chi connectivity index (χ2n) is 3.63. The summed E-state index contributed by atoms with van der Waals surface area (Å²) in [4.78, 5) is 11.3. The Morgan fingerprint density at radius 3 is 3.07 bits per heavy atom. The Bertz CT molecular complexity index is 445. The Morgan fingerprint density at radius 2 is 2.40 bits per heavy atom. The molecule has 0 N–H and O–H groups in total. The number of carbonyl (C=O) groups excluding carboxylic acids is 1. The predicted octanol–water partition coefficient (Wildman–Crippen LogP) is 2.03. The van der Waals surface area contributed by atoms with Crippen molar-refractivity contribution in [3.8, 4) is 6.07 Å². The number of hydrogen-bond donors (Lipinski definition) is 0. The summed E-state index contributed by atoms with van der Waals surface area (Å²) in [5, 5.41) is 8.90. The van der Waals surface area contributed by atoms with E-state index in [1.807, 2.05) is 12.1 Å². The van der Waals surface area contributed by atoms with Gasteiger partial charge >= 0.3 is 5.97 Å². The van der Waals surface area contributed by atoms with Crippen LogP contribution in [0.15, 0.2) is 18.2 Å². The summed E-state index contributed by atoms with van der Waals surface area (Å²) < 4.78 is 4.65. The minimum atomic E-state index is -0.321. The first-order chi connectivity index (χ1) is 7.26. The standard InChI is InChI=1S/C12H11NO2/c1-15-12(14)9-4-5-11-8(6-9)2-3-10(11)7-13/h4-6,10H,2-3H2,1H3. The summed E-state index contributed by atoms with van der Waals surface area (Å²) >= 11 is 0. The van der Waals surface area contributed by atoms with Gasteiger partial charge in [0.1, 0.15) is 0 Å². The van der Waals surface area contributed by atoms with Crippen LogP contribution in [0.1, 0.15) is 33.8 Å². The molecule has 0 saturated heterocycles. The van der Waals surface area contributed by atoms with Crippen LogP contribution in [0.25, 0.3) is 0 Å². The topological polar surface area (TPSA) is 50.1 Å². The molecule has 0 amide bonds. The van der Waals surface area contributed by atoms with E-state index in [0.29, 0.717) is 5.56 Å². The van der Waals surface area contributed by atoms with Gasteiger partial charge in [0.15, 0.2) is 0 Å². The lowest BCUT2D eigenvalue weighted by Crippen LogP contribution is -2.02. The van der Waals surface area contributed by atoms with Gasteiger partial charge in [0.2, 0.25) is 0 Å². The van der Waals surface area contributed by atoms with Crippen LogP contribution in [-0.4, -0.2) is 13.1 Å². The number of rotatable bonds is 1. The van der Waals surface area contributed by atoms with Crippen LogP contribution in [0.3, 0.4) is 0 Å². The van der Waals surface area contributed by atoms with Crippen molar-refractivity contribution in [1.29, 1.82) is 5.26 Å². The summed E-state index contributed by atoms with van der Waals surface area (Å²) in [7, 11) is 1.37. The molecule has 0 aliphatic heterocycles. The molecule has 1 aliphatic carbocycles. The number of carbonyl (C=O) groups is 1. The first-order valence-corrected chi connectivity index (χ1v) is 4.87. The Labute approximate surface area is 88.3 Å². The van der Waals surface area contributed by atoms with Crippen molar-refractivity contribution < 1.29 is 9.53 Å². The van der Waals surface area contributed by atoms with Crippen LogP contribution < -0.4 is 0 Å². The summed E-state index contributed by atoms with van der Waals surface area (Å²) in [6.45, 7) is 0. The van der Waals surface area contributed by atoms with E-state index < -0.39 is 0 Å². The third-order valence-corrected chi connectivity index (χ3v) is 2.80. The maximum absolute atomic E-state index is 11.3. The highest BCUT2D eigenvalue weighted by Gasteiger charge is 2.23. The zero-order valence-corrected chi connectivity index (χ0v) is 8.49. The van der Waals surface area contributed by atoms with Crippen molar-refractivity contribution in [2.75, 3.05) is 7.11 Å². The van der Waals surface area contributed by atoms with Gasteiger partial charge in [0.25, 0.3) is 0 Å². The molecule has 0 radical (unpaired) electrons. The summed E-state index contributed by atoms with van der Waals surface area (Å²) in [6, 6.07) is 7.68. The average Bonchev–Trinajstić information content (AvgIpc) is 2.69. The number of fused-ring (bicyclic) bond motifs is 1. The molecule has 1 unspecified atom stereocenters. The molecule has 0 aromatic heterocycles. The van der Waals surface area contributed by atoms with E-state index in [1.54, 1.807) is 6.07 Å². The van der Waals surface area contributed by atoms with Gasteiger partial charge in [0, 0.05) is 0 Å². The van der Waals surface area contributed by atoms with E-state index in [-0.39, 0.29) is 11.9 Å². The van der Waals surface area contributed by atoms with Crippen LogP contribution in [0, 0.1) is 11.3 Å². The molecule has 0 spiro atoms. The molecule has 0 bridgehead atoms. The largest absolute Gasteiger partial charge is 0.465 e. The molecule has 0 saturated carbocycles. The van der Waals surface area contributed by atoms with E-state index in [4.69, 9.17) is 5.26 Å². The highest BCUT2D eigenvalue weighted by Crippen LogP contribution is 2.32. The molecular formula is C12H11NO2. The Balaban J connectivity index is 2.38. The molecule has 1 aromatic rings. The lowest BCUT2D eigenvalue weighted by Gasteiger charge is -2.04. The summed E-state index contributed by atoms with van der Waals surface area (Å²) in [5.41, 5.74) is 2.73. The van der Waals surface area contributed by atoms with Gasteiger partial charge in [-0.15, -0.1) is 0 Å². The molecule has 15 heavy (non-hydrogen) atoms. The summed E-state index contributed by atoms with van der Waals surface area (Å²) in [6.07, 6.45) is 1.73. The molecule has 3 heteroatoms. The van der Waals surface area contributed by atoms with E-state index in [2.05, 4.69) is 10.8 Å². The van der Waals surface area contributed by atoms with Gasteiger partial charge < -0.3 is 4.74 Å². The maximum atomic E-state index is 11.3. The molecule has 2 rings (SSSR count). The SMILES string of the molecule is COC(=O)c1ccc2c(c1)CCC2C#N. The molecule has 76 valence electrons. The minimum Gasteiger partial charge on any atom is -0.465 e. The van der Waals surface area contributed by atoms with Crippen LogP contribution in [-0.2, 0) is 11.2 Å². The number of esters is 1. The fraction of sp³-hybridized carbons (Fsp3) is 0.333. The highest BCUT2D eigenvalue weighted by atomic mass is 16.5. The number of nitriles is 1. The zero-order chi connectivity index (χ0) is 10.8. The molecule has 1 aromatic carbocycles. The lowest BCUT2D eigenvalue weighted by atomic mass is 10.0. The lowest BCUT2D eigenvalue weighted by molar-refractivity contribution is 0.0600. The predicted molar refractivity (Wildman–Crippen MR) is 54.5 cm³/mol. The molecule has 0 heterocycles. The number of aryl methyl sites for hydroxylation is 1. The number of methoxy groups -OCH3 is 1. The van der Waals surface area contributed by atoms with Crippen molar-refractivity contribution in [2.45, 2.75) is 18.8 Å². The van der Waals surface area contributed by atoms with Crippen molar-refractivity contribution in [3.63, 3.8) is 0 Å². The molecule has 1 aliphatic rings. The quantitative estimate of drug-likeness (QED) is 0.653. The monoisotopic (exact) mass is 201 g/mol. The highest BCUT2D eigenvalue weighted by molar-refractivity contribution is 5.89. The molecule has 3 nitrogen and oxygen atoms in total. The van der Waals surface area contributed by atoms with Crippen molar-refractivity contribution in [1.82, 2.24) is 0 Å². The Kier molecular flexibility index (Phi) is 2.42. The maximum Gasteiger partial charge on any atom is 0.337 e. The van der Waals surface area contributed by atoms with Gasteiger partial charge in [0.05, 0.1) is 24.7 Å². The van der Waals surface area contributed by atoms with Crippen molar-refractivity contribution >= 4 is 5.97 Å². The second kappa shape index (κ2) is 3.74. The Hall–Kier alpha value is -1.82. The number of hydrogen-bond acceptors (Lipinski definition) is 3. The Morgan fingerprint density at radius 1 is 1.60 bits per heavy atom. The fourth-order valence-corrected chi connectivity index (χ4v) is 2.00. The van der Waals surface area contributed by atoms with Gasteiger partial charge in [-0.25, -0.2) is 4.79 Å². The van der Waals surface area contributed by atoms with Crippen LogP contribution in [0.5, 0.6) is 0 Å². The third-order valence-electron chi connectivity index (χ3n) is 2.80. The normalized spacial score (nSPS) is 18.0. The van der Waals surface area contributed by atoms with E-state index in [9.17, 15) is 4.79 Å². The number of benzene rings is 1. The van der Waals surface area contributed by atoms with Gasteiger partial charge in [-0.05, 0) is 36.1 Å². The van der Waals surface area contributed by atoms with Gasteiger partial charge in [-0.1, -0.05) is 6.07 Å². The second-order valence-corrected chi connectivity index (χ2v) is 3.63. The summed E-state index contributed by atoms with van der Waals surface area (Å²) in [5.74, 6) is -0.329. The minimum absolute atomic E-state index is 0.00769. The number of ether oxygens (including phenoxy) is 1. The first-order valence-electron chi connectivity index (χ1n) is 4.87. The average molecular weight is 201 g/mol. The van der Waals surface area contributed by atoms with Crippen molar-refractivity contribution in [3.05, 3.63) is 34.9 Å². The molecule has 0 fully saturated rings. The first kappa shape index (κ1) is 9.72. The smallest absolute Gasteiger partial charge is 0.337 e.